The van der Waals surface area contributed by atoms with Crippen molar-refractivity contribution in [2.24, 2.45) is 17.8 Å². The van der Waals surface area contributed by atoms with E-state index < -0.39 is 0 Å². The highest BCUT2D eigenvalue weighted by atomic mass is 14.7. The van der Waals surface area contributed by atoms with E-state index >= 15 is 0 Å². The number of fused-ring (bicyclic) bond motifs is 1. The highest BCUT2D eigenvalue weighted by Gasteiger charge is 2.32. The van der Waals surface area contributed by atoms with Gasteiger partial charge < -0.3 is 0 Å². The van der Waals surface area contributed by atoms with E-state index in [0.717, 1.165) is 30.6 Å². The first-order valence-corrected chi connectivity index (χ1v) is 13.8. The van der Waals surface area contributed by atoms with Gasteiger partial charge in [0.2, 0.25) is 0 Å². The quantitative estimate of drug-likeness (QED) is 0.415. The summed E-state index contributed by atoms with van der Waals surface area (Å²) in [6.45, 7) is 10.7. The van der Waals surface area contributed by atoms with E-state index in [9.17, 15) is 0 Å². The second-order valence-corrected chi connectivity index (χ2v) is 11.2. The summed E-state index contributed by atoms with van der Waals surface area (Å²) in [6, 6.07) is 8.97. The van der Waals surface area contributed by atoms with Crippen LogP contribution in [0.2, 0.25) is 0 Å². The number of hydrogen-bond acceptors (Lipinski definition) is 1. The molecule has 0 unspecified atom stereocenters. The van der Waals surface area contributed by atoms with Gasteiger partial charge in [-0.2, -0.15) is 0 Å². The Morgan fingerprint density at radius 1 is 0.971 bits per heavy atom. The van der Waals surface area contributed by atoms with Crippen molar-refractivity contribution in [3.8, 4) is 0 Å². The summed E-state index contributed by atoms with van der Waals surface area (Å²) in [6.07, 6.45) is 25.8. The van der Waals surface area contributed by atoms with Crippen molar-refractivity contribution in [2.45, 2.75) is 77.0 Å². The molecule has 0 bridgehead atoms. The first-order valence-electron chi connectivity index (χ1n) is 13.8. The molecule has 5 rings (SSSR count). The molecule has 1 aromatic carbocycles. The molecule has 2 saturated carbocycles. The Balaban J connectivity index is 1.14. The monoisotopic (exact) mass is 463 g/mol. The lowest BCUT2D eigenvalue weighted by molar-refractivity contribution is 0.160. The molecule has 0 N–H and O–H groups in total. The van der Waals surface area contributed by atoms with Crippen molar-refractivity contribution >= 4 is 10.9 Å². The maximum Gasteiger partial charge on any atom is 0.0739 e. The minimum atomic E-state index is 0.680. The van der Waals surface area contributed by atoms with Gasteiger partial charge in [0.25, 0.3) is 0 Å². The second-order valence-electron chi connectivity index (χ2n) is 11.2. The zero-order valence-corrected chi connectivity index (χ0v) is 21.5. The van der Waals surface area contributed by atoms with E-state index in [1.54, 1.807) is 0 Å². The number of aryl methyl sites for hydroxylation is 1. The molecular formula is C34H41N. The smallest absolute Gasteiger partial charge is 0.0739 e. The molecule has 0 aliphatic heterocycles. The third kappa shape index (κ3) is 5.30. The molecule has 182 valence electrons. The van der Waals surface area contributed by atoms with Crippen molar-refractivity contribution in [1.29, 1.82) is 0 Å². The van der Waals surface area contributed by atoms with E-state index in [-0.39, 0.29) is 0 Å². The average molecular weight is 464 g/mol. The van der Waals surface area contributed by atoms with E-state index in [0.29, 0.717) is 5.92 Å². The number of benzene rings is 1. The lowest BCUT2D eigenvalue weighted by atomic mass is 9.67. The molecule has 0 radical (unpaired) electrons. The molecule has 35 heavy (non-hydrogen) atoms. The molecule has 2 fully saturated rings. The summed E-state index contributed by atoms with van der Waals surface area (Å²) in [5.74, 6) is 3.33. The molecule has 0 saturated heterocycles. The SMILES string of the molecule is C=CC1=C(C(=C)CC2CCC(C3CCC(c4ccc(C)c5cccnc45)CC3)CC2)CC=CC=C1. The number of rotatable bonds is 6. The second kappa shape index (κ2) is 10.9. The summed E-state index contributed by atoms with van der Waals surface area (Å²) in [5, 5.41) is 1.33. The Morgan fingerprint density at radius 2 is 1.71 bits per heavy atom. The molecule has 0 amide bonds. The van der Waals surface area contributed by atoms with Crippen LogP contribution in [0.5, 0.6) is 0 Å². The van der Waals surface area contributed by atoms with Crippen LogP contribution in [-0.2, 0) is 0 Å². The topological polar surface area (TPSA) is 12.9 Å². The van der Waals surface area contributed by atoms with Gasteiger partial charge in [0.1, 0.15) is 0 Å². The number of nitrogens with zero attached hydrogens (tertiary/aromatic N) is 1. The van der Waals surface area contributed by atoms with Gasteiger partial charge >= 0.3 is 0 Å². The van der Waals surface area contributed by atoms with Crippen molar-refractivity contribution in [3.63, 3.8) is 0 Å². The van der Waals surface area contributed by atoms with Gasteiger partial charge in [-0.3, -0.25) is 4.98 Å². The summed E-state index contributed by atoms with van der Waals surface area (Å²) < 4.78 is 0. The zero-order valence-electron chi connectivity index (χ0n) is 21.5. The van der Waals surface area contributed by atoms with Gasteiger partial charge in [-0.25, -0.2) is 0 Å². The lowest BCUT2D eigenvalue weighted by Gasteiger charge is -2.38. The zero-order chi connectivity index (χ0) is 24.2. The van der Waals surface area contributed by atoms with E-state index in [1.165, 1.54) is 90.1 Å². The van der Waals surface area contributed by atoms with Gasteiger partial charge in [0.05, 0.1) is 5.52 Å². The van der Waals surface area contributed by atoms with Crippen molar-refractivity contribution in [1.82, 2.24) is 4.98 Å². The third-order valence-electron chi connectivity index (χ3n) is 9.16. The number of hydrogen-bond donors (Lipinski definition) is 0. The number of aromatic nitrogens is 1. The predicted octanol–water partition coefficient (Wildman–Crippen LogP) is 9.57. The van der Waals surface area contributed by atoms with Crippen LogP contribution in [0.15, 0.2) is 90.7 Å². The summed E-state index contributed by atoms with van der Waals surface area (Å²) in [5.41, 5.74) is 8.05. The summed E-state index contributed by atoms with van der Waals surface area (Å²) in [7, 11) is 0. The molecule has 1 heterocycles. The highest BCUT2D eigenvalue weighted by Crippen LogP contribution is 2.46. The fourth-order valence-electron chi connectivity index (χ4n) is 7.09. The molecule has 1 aromatic heterocycles. The summed E-state index contributed by atoms with van der Waals surface area (Å²) >= 11 is 0. The van der Waals surface area contributed by atoms with E-state index in [2.05, 4.69) is 68.7 Å². The lowest BCUT2D eigenvalue weighted by Crippen LogP contribution is -2.25. The van der Waals surface area contributed by atoms with Crippen LogP contribution in [0.25, 0.3) is 10.9 Å². The largest absolute Gasteiger partial charge is 0.256 e. The predicted molar refractivity (Wildman–Crippen MR) is 151 cm³/mol. The van der Waals surface area contributed by atoms with Gasteiger partial charge in [-0.15, -0.1) is 0 Å². The molecule has 1 heteroatoms. The fourth-order valence-corrected chi connectivity index (χ4v) is 7.09. The van der Waals surface area contributed by atoms with Gasteiger partial charge in [0, 0.05) is 11.6 Å². The van der Waals surface area contributed by atoms with Crippen LogP contribution in [0, 0.1) is 24.7 Å². The van der Waals surface area contributed by atoms with Crippen molar-refractivity contribution < 1.29 is 0 Å². The standard InChI is InChI=1S/C34H41N/c1-4-27-9-6-5-7-10-31(27)25(3)23-26-13-15-28(16-14-26)29-17-19-30(20-18-29)33-21-12-24(2)32-11-8-22-35-34(32)33/h4-9,11-12,21-22,26,28-30H,1,3,10,13-20,23H2,2H3. The maximum absolute atomic E-state index is 4.78. The normalized spacial score (nSPS) is 27.1. The van der Waals surface area contributed by atoms with Crippen LogP contribution < -0.4 is 0 Å². The average Bonchev–Trinajstić information content (AvgIpc) is 3.15. The molecular weight excluding hydrogens is 422 g/mol. The molecule has 2 aromatic rings. The summed E-state index contributed by atoms with van der Waals surface area (Å²) in [4.78, 5) is 4.78. The Bertz CT molecular complexity index is 1160. The first-order chi connectivity index (χ1) is 17.1. The molecule has 0 spiro atoms. The highest BCUT2D eigenvalue weighted by molar-refractivity contribution is 5.85. The number of pyridine rings is 1. The molecule has 3 aliphatic carbocycles. The van der Waals surface area contributed by atoms with Crippen molar-refractivity contribution in [2.75, 3.05) is 0 Å². The Labute approximate surface area is 212 Å². The van der Waals surface area contributed by atoms with Crippen LogP contribution in [0.1, 0.15) is 81.3 Å². The van der Waals surface area contributed by atoms with Crippen LogP contribution in [-0.4, -0.2) is 4.98 Å². The molecule has 0 atom stereocenters. The van der Waals surface area contributed by atoms with Crippen molar-refractivity contribution in [3.05, 3.63) is 102 Å². The van der Waals surface area contributed by atoms with Gasteiger partial charge in [-0.05, 0) is 123 Å². The Morgan fingerprint density at radius 3 is 2.46 bits per heavy atom. The van der Waals surface area contributed by atoms with Gasteiger partial charge in [-0.1, -0.05) is 67.3 Å². The first kappa shape index (κ1) is 24.0. The van der Waals surface area contributed by atoms with E-state index in [4.69, 9.17) is 4.98 Å². The molecule has 1 nitrogen and oxygen atoms in total. The minimum Gasteiger partial charge on any atom is -0.256 e. The van der Waals surface area contributed by atoms with Crippen LogP contribution >= 0.6 is 0 Å². The van der Waals surface area contributed by atoms with E-state index in [1.807, 2.05) is 12.3 Å². The Kier molecular flexibility index (Phi) is 7.51. The molecule has 3 aliphatic rings. The Hall–Kier alpha value is -2.67. The number of allylic oxidation sites excluding steroid dienone is 8. The maximum atomic E-state index is 4.78. The fraction of sp³-hybridized carbons (Fsp3) is 0.441. The van der Waals surface area contributed by atoms with Crippen LogP contribution in [0.4, 0.5) is 0 Å². The third-order valence-corrected chi connectivity index (χ3v) is 9.16. The minimum absolute atomic E-state index is 0.680. The van der Waals surface area contributed by atoms with Gasteiger partial charge in [0.15, 0.2) is 0 Å². The van der Waals surface area contributed by atoms with Crippen LogP contribution in [0.3, 0.4) is 0 Å².